The van der Waals surface area contributed by atoms with Crippen LogP contribution in [-0.2, 0) is 16.6 Å². The molecule has 18 heavy (non-hydrogen) atoms. The number of thiazole rings is 1. The number of hydrogen-bond donors (Lipinski definition) is 2. The van der Waals surface area contributed by atoms with Gasteiger partial charge < -0.3 is 5.32 Å². The number of carbonyl (C=O) groups excluding carboxylic acids is 1. The number of amides is 1. The lowest BCUT2D eigenvalue weighted by atomic mass is 10.4. The molecule has 0 aliphatic heterocycles. The topological polar surface area (TPSA) is 102 Å². The van der Waals surface area contributed by atoms with Gasteiger partial charge in [-0.05, 0) is 12.1 Å². The van der Waals surface area contributed by atoms with Crippen molar-refractivity contribution in [2.75, 3.05) is 0 Å². The molecule has 0 fully saturated rings. The summed E-state index contributed by atoms with van der Waals surface area (Å²) in [5.41, 5.74) is 1.92. The van der Waals surface area contributed by atoms with E-state index < -0.39 is 10.0 Å². The molecule has 0 aliphatic carbocycles. The Kier molecular flexibility index (Phi) is 3.76. The monoisotopic (exact) mass is 303 g/mol. The molecule has 2 rings (SSSR count). The summed E-state index contributed by atoms with van der Waals surface area (Å²) in [6.45, 7) is 0.247. The van der Waals surface area contributed by atoms with Gasteiger partial charge >= 0.3 is 0 Å². The second-order valence-corrected chi connectivity index (χ2v) is 7.00. The molecule has 0 spiro atoms. The number of primary sulfonamides is 1. The van der Waals surface area contributed by atoms with Crippen molar-refractivity contribution < 1.29 is 13.2 Å². The molecule has 1 amide bonds. The number of carbonyl (C=O) groups is 1. The molecule has 2 aromatic rings. The van der Waals surface area contributed by atoms with E-state index in [2.05, 4.69) is 10.3 Å². The van der Waals surface area contributed by atoms with Gasteiger partial charge in [0.15, 0.2) is 0 Å². The van der Waals surface area contributed by atoms with E-state index in [1.54, 1.807) is 17.0 Å². The zero-order valence-electron chi connectivity index (χ0n) is 8.99. The number of aromatic nitrogens is 1. The van der Waals surface area contributed by atoms with E-state index in [0.29, 0.717) is 10.6 Å². The van der Waals surface area contributed by atoms with Gasteiger partial charge in [0.25, 0.3) is 5.91 Å². The predicted octanol–water partition coefficient (Wildman–Crippen LogP) is 0.782. The molecule has 0 aromatic carbocycles. The van der Waals surface area contributed by atoms with Crippen molar-refractivity contribution in [3.05, 3.63) is 33.6 Å². The van der Waals surface area contributed by atoms with Crippen LogP contribution in [0.15, 0.2) is 27.2 Å². The molecule has 0 bridgehead atoms. The molecule has 0 atom stereocenters. The largest absolute Gasteiger partial charge is 0.346 e. The van der Waals surface area contributed by atoms with E-state index in [0.717, 1.165) is 11.3 Å². The first-order valence-electron chi connectivity index (χ1n) is 4.75. The summed E-state index contributed by atoms with van der Waals surface area (Å²) in [5.74, 6) is -0.290. The molecule has 0 aliphatic rings. The Morgan fingerprint density at radius 1 is 1.44 bits per heavy atom. The van der Waals surface area contributed by atoms with Gasteiger partial charge in [0.2, 0.25) is 10.0 Å². The standard InChI is InChI=1S/C9H9N3O3S3/c10-18(14,15)8-2-1-6(17-8)3-11-9(13)7-4-16-5-12-7/h1-2,4-5H,3H2,(H,11,13)(H2,10,14,15). The van der Waals surface area contributed by atoms with Crippen LogP contribution in [0.25, 0.3) is 0 Å². The normalized spacial score (nSPS) is 11.4. The molecule has 2 aromatic heterocycles. The third-order valence-corrected chi connectivity index (χ3v) is 5.12. The first kappa shape index (κ1) is 13.1. The van der Waals surface area contributed by atoms with Gasteiger partial charge in [0.1, 0.15) is 9.90 Å². The maximum atomic E-state index is 11.6. The van der Waals surface area contributed by atoms with Crippen molar-refractivity contribution in [3.63, 3.8) is 0 Å². The molecule has 2 heterocycles. The Labute approximate surface area is 112 Å². The van der Waals surface area contributed by atoms with Crippen LogP contribution >= 0.6 is 22.7 Å². The van der Waals surface area contributed by atoms with Gasteiger partial charge in [-0.1, -0.05) is 0 Å². The fourth-order valence-corrected chi connectivity index (χ4v) is 3.44. The molecular weight excluding hydrogens is 294 g/mol. The second-order valence-electron chi connectivity index (χ2n) is 3.32. The smallest absolute Gasteiger partial charge is 0.271 e. The van der Waals surface area contributed by atoms with Gasteiger partial charge in [-0.15, -0.1) is 22.7 Å². The molecule has 0 saturated carbocycles. The zero-order chi connectivity index (χ0) is 13.2. The van der Waals surface area contributed by atoms with Gasteiger partial charge in [0, 0.05) is 10.3 Å². The minimum atomic E-state index is -3.67. The zero-order valence-corrected chi connectivity index (χ0v) is 11.4. The highest BCUT2D eigenvalue weighted by Crippen LogP contribution is 2.20. The molecule has 0 unspecified atom stereocenters. The molecule has 9 heteroatoms. The van der Waals surface area contributed by atoms with Crippen molar-refractivity contribution in [3.8, 4) is 0 Å². The van der Waals surface area contributed by atoms with Crippen LogP contribution in [0.1, 0.15) is 15.4 Å². The van der Waals surface area contributed by atoms with Crippen LogP contribution in [0.2, 0.25) is 0 Å². The first-order chi connectivity index (χ1) is 8.47. The number of thiophene rings is 1. The first-order valence-corrected chi connectivity index (χ1v) is 8.05. The van der Waals surface area contributed by atoms with Crippen LogP contribution in [-0.4, -0.2) is 19.3 Å². The highest BCUT2D eigenvalue weighted by Gasteiger charge is 2.12. The lowest BCUT2D eigenvalue weighted by Gasteiger charge is -2.00. The Morgan fingerprint density at radius 2 is 2.22 bits per heavy atom. The predicted molar refractivity (Wildman–Crippen MR) is 69.0 cm³/mol. The summed E-state index contributed by atoms with van der Waals surface area (Å²) in [7, 11) is -3.67. The maximum Gasteiger partial charge on any atom is 0.271 e. The average Bonchev–Trinajstić information content (AvgIpc) is 2.96. The number of nitrogens with zero attached hydrogens (tertiary/aromatic N) is 1. The molecule has 96 valence electrons. The van der Waals surface area contributed by atoms with Crippen LogP contribution < -0.4 is 10.5 Å². The molecule has 0 saturated heterocycles. The number of hydrogen-bond acceptors (Lipinski definition) is 6. The van der Waals surface area contributed by atoms with E-state index in [9.17, 15) is 13.2 Å². The molecule has 3 N–H and O–H groups in total. The van der Waals surface area contributed by atoms with Crippen LogP contribution in [0.4, 0.5) is 0 Å². The highest BCUT2D eigenvalue weighted by molar-refractivity contribution is 7.91. The lowest BCUT2D eigenvalue weighted by molar-refractivity contribution is 0.0947. The van der Waals surface area contributed by atoms with E-state index in [4.69, 9.17) is 5.14 Å². The summed E-state index contributed by atoms with van der Waals surface area (Å²) >= 11 is 2.37. The Hall–Kier alpha value is -1.29. The summed E-state index contributed by atoms with van der Waals surface area (Å²) < 4.78 is 22.2. The average molecular weight is 303 g/mol. The van der Waals surface area contributed by atoms with E-state index in [-0.39, 0.29) is 16.7 Å². The molecule has 0 radical (unpaired) electrons. The minimum absolute atomic E-state index is 0.0837. The molecule has 6 nitrogen and oxygen atoms in total. The fourth-order valence-electron chi connectivity index (χ4n) is 1.19. The van der Waals surface area contributed by atoms with Crippen LogP contribution in [0.3, 0.4) is 0 Å². The SMILES string of the molecule is NS(=O)(=O)c1ccc(CNC(=O)c2cscn2)s1. The van der Waals surface area contributed by atoms with Crippen molar-refractivity contribution in [2.45, 2.75) is 10.8 Å². The fraction of sp³-hybridized carbons (Fsp3) is 0.111. The van der Waals surface area contributed by atoms with Crippen molar-refractivity contribution >= 4 is 38.6 Å². The van der Waals surface area contributed by atoms with Crippen molar-refractivity contribution in [1.29, 1.82) is 0 Å². The highest BCUT2D eigenvalue weighted by atomic mass is 32.2. The second kappa shape index (κ2) is 5.14. The third-order valence-electron chi connectivity index (χ3n) is 2.01. The number of sulfonamides is 1. The van der Waals surface area contributed by atoms with E-state index in [1.165, 1.54) is 17.4 Å². The lowest BCUT2D eigenvalue weighted by Crippen LogP contribution is -2.22. The summed E-state index contributed by atoms with van der Waals surface area (Å²) in [5, 5.41) is 9.27. The Morgan fingerprint density at radius 3 is 2.78 bits per heavy atom. The van der Waals surface area contributed by atoms with Gasteiger partial charge in [0.05, 0.1) is 12.1 Å². The third kappa shape index (κ3) is 3.13. The summed E-state index contributed by atoms with van der Waals surface area (Å²) in [6.07, 6.45) is 0. The number of rotatable bonds is 4. The Balaban J connectivity index is 1.99. The maximum absolute atomic E-state index is 11.6. The van der Waals surface area contributed by atoms with E-state index in [1.807, 2.05) is 0 Å². The summed E-state index contributed by atoms with van der Waals surface area (Å²) in [4.78, 5) is 16.2. The van der Waals surface area contributed by atoms with Crippen LogP contribution in [0, 0.1) is 0 Å². The quantitative estimate of drug-likeness (QED) is 0.871. The van der Waals surface area contributed by atoms with Gasteiger partial charge in [-0.3, -0.25) is 4.79 Å². The van der Waals surface area contributed by atoms with Gasteiger partial charge in [-0.2, -0.15) is 0 Å². The van der Waals surface area contributed by atoms with Gasteiger partial charge in [-0.25, -0.2) is 18.5 Å². The number of nitrogens with one attached hydrogen (secondary N) is 1. The number of nitrogens with two attached hydrogens (primary N) is 1. The van der Waals surface area contributed by atoms with Crippen molar-refractivity contribution in [1.82, 2.24) is 10.3 Å². The minimum Gasteiger partial charge on any atom is -0.346 e. The Bertz CT molecular complexity index is 646. The van der Waals surface area contributed by atoms with Crippen molar-refractivity contribution in [2.24, 2.45) is 5.14 Å². The van der Waals surface area contributed by atoms with E-state index >= 15 is 0 Å². The molecular formula is C9H9N3O3S3. The summed E-state index contributed by atoms with van der Waals surface area (Å²) in [6, 6.07) is 3.04. The van der Waals surface area contributed by atoms with Crippen LogP contribution in [0.5, 0.6) is 0 Å².